The lowest BCUT2D eigenvalue weighted by Crippen LogP contribution is -2.46. The fourth-order valence-corrected chi connectivity index (χ4v) is 5.07. The number of rotatable bonds is 7. The average molecular weight is 450 g/mol. The van der Waals surface area contributed by atoms with Gasteiger partial charge < -0.3 is 15.2 Å². The molecule has 5 rings (SSSR count). The smallest absolute Gasteiger partial charge is 0.124 e. The molecular weight excluding hydrogens is 418 g/mol. The highest BCUT2D eigenvalue weighted by Crippen LogP contribution is 2.56. The van der Waals surface area contributed by atoms with E-state index in [1.165, 1.54) is 0 Å². The molecule has 1 fully saturated rings. The van der Waals surface area contributed by atoms with E-state index >= 15 is 0 Å². The van der Waals surface area contributed by atoms with E-state index in [1.54, 1.807) is 0 Å². The van der Waals surface area contributed by atoms with Gasteiger partial charge in [0.25, 0.3) is 0 Å². The van der Waals surface area contributed by atoms with Gasteiger partial charge in [-0.2, -0.15) is 0 Å². The van der Waals surface area contributed by atoms with E-state index < -0.39 is 5.60 Å². The molecule has 4 atom stereocenters. The first-order valence-corrected chi connectivity index (χ1v) is 12.1. The molecule has 3 nitrogen and oxygen atoms in total. The number of hydrogen-bond donors (Lipinski definition) is 1. The van der Waals surface area contributed by atoms with Crippen LogP contribution in [0.1, 0.15) is 53.4 Å². The average Bonchev–Trinajstić information content (AvgIpc) is 2.93. The van der Waals surface area contributed by atoms with Gasteiger partial charge >= 0.3 is 0 Å². The maximum atomic E-state index is 7.30. The van der Waals surface area contributed by atoms with Gasteiger partial charge in [0.2, 0.25) is 0 Å². The molecule has 0 spiro atoms. The number of nitrogens with two attached hydrogens (primary N) is 1. The fraction of sp³-hybridized carbons (Fsp3) is 0.226. The summed E-state index contributed by atoms with van der Waals surface area (Å²) < 4.78 is 14.4. The monoisotopic (exact) mass is 449 g/mol. The Morgan fingerprint density at radius 1 is 0.588 bits per heavy atom. The van der Waals surface area contributed by atoms with Crippen LogP contribution in [0, 0.1) is 0 Å². The maximum absolute atomic E-state index is 7.30. The summed E-state index contributed by atoms with van der Waals surface area (Å²) in [5.41, 5.74) is 9.80. The lowest BCUT2D eigenvalue weighted by molar-refractivity contribution is -0.289. The van der Waals surface area contributed by atoms with E-state index in [-0.39, 0.29) is 18.3 Å². The minimum Gasteiger partial charge on any atom is -0.359 e. The first-order chi connectivity index (χ1) is 16.8. The molecule has 0 aliphatic carbocycles. The van der Waals surface area contributed by atoms with Crippen molar-refractivity contribution >= 4 is 0 Å². The molecule has 4 aromatic carbocycles. The summed E-state index contributed by atoms with van der Waals surface area (Å²) >= 11 is 0. The van der Waals surface area contributed by atoms with Crippen molar-refractivity contribution in [3.05, 3.63) is 144 Å². The van der Waals surface area contributed by atoms with Crippen LogP contribution >= 0.6 is 0 Å². The molecule has 172 valence electrons. The Bertz CT molecular complexity index is 1150. The Hall–Kier alpha value is -3.24. The number of ether oxygens (including phenoxy) is 2. The van der Waals surface area contributed by atoms with Crippen molar-refractivity contribution in [1.29, 1.82) is 0 Å². The van der Waals surface area contributed by atoms with Gasteiger partial charge in [-0.1, -0.05) is 121 Å². The second-order valence-electron chi connectivity index (χ2n) is 8.85. The zero-order valence-electron chi connectivity index (χ0n) is 19.3. The molecule has 2 N–H and O–H groups in total. The summed E-state index contributed by atoms with van der Waals surface area (Å²) in [4.78, 5) is 0. The summed E-state index contributed by atoms with van der Waals surface area (Å²) in [6.45, 7) is 0.595. The Labute approximate surface area is 202 Å². The minimum atomic E-state index is -0.673. The fourth-order valence-electron chi connectivity index (χ4n) is 5.07. The standard InChI is InChI=1S/C31H31NO2/c32-23-13-22-31(27-20-11-4-12-21-27)30(26-18-9-3-10-19-26)33-28(24-14-5-1-6-15-24)29(34-31)25-16-7-2-8-17-25/h1-12,14-21,28-30H,13,22-23,32H2. The van der Waals surface area contributed by atoms with Gasteiger partial charge in [0, 0.05) is 0 Å². The van der Waals surface area contributed by atoms with Crippen LogP contribution in [0.5, 0.6) is 0 Å². The molecule has 3 heteroatoms. The highest BCUT2D eigenvalue weighted by Gasteiger charge is 2.52. The quantitative estimate of drug-likeness (QED) is 0.334. The van der Waals surface area contributed by atoms with Crippen molar-refractivity contribution in [2.45, 2.75) is 36.8 Å². The molecule has 0 bridgehead atoms. The van der Waals surface area contributed by atoms with Crippen LogP contribution in [0.3, 0.4) is 0 Å². The summed E-state index contributed by atoms with van der Waals surface area (Å²) in [5, 5.41) is 0. The van der Waals surface area contributed by atoms with Crippen LogP contribution in [-0.2, 0) is 15.1 Å². The lowest BCUT2D eigenvalue weighted by Gasteiger charge is -2.51. The lowest BCUT2D eigenvalue weighted by atomic mass is 9.78. The summed E-state index contributed by atoms with van der Waals surface area (Å²) in [5.74, 6) is 0. The number of benzene rings is 4. The highest BCUT2D eigenvalue weighted by atomic mass is 16.6. The zero-order valence-corrected chi connectivity index (χ0v) is 19.3. The SMILES string of the molecule is NCCCC1(c2ccccc2)OC(c2ccccc2)C(c2ccccc2)OC1c1ccccc1. The van der Waals surface area contributed by atoms with Gasteiger partial charge in [-0.25, -0.2) is 0 Å². The van der Waals surface area contributed by atoms with Gasteiger partial charge in [-0.05, 0) is 41.6 Å². The third-order valence-corrected chi connectivity index (χ3v) is 6.69. The molecule has 0 radical (unpaired) electrons. The molecule has 0 amide bonds. The van der Waals surface area contributed by atoms with Crippen LogP contribution in [0.4, 0.5) is 0 Å². The summed E-state index contributed by atoms with van der Waals surface area (Å²) in [7, 11) is 0. The molecule has 4 unspecified atom stereocenters. The molecular formula is C31H31NO2. The molecule has 1 heterocycles. The Morgan fingerprint density at radius 2 is 1.06 bits per heavy atom. The molecule has 1 aliphatic heterocycles. The third kappa shape index (κ3) is 4.43. The van der Waals surface area contributed by atoms with Crippen LogP contribution in [0.2, 0.25) is 0 Å². The van der Waals surface area contributed by atoms with Crippen LogP contribution in [-0.4, -0.2) is 6.54 Å². The second kappa shape index (κ2) is 10.4. The van der Waals surface area contributed by atoms with Crippen LogP contribution in [0.25, 0.3) is 0 Å². The summed E-state index contributed by atoms with van der Waals surface area (Å²) in [6.07, 6.45) is 0.801. The van der Waals surface area contributed by atoms with Crippen LogP contribution < -0.4 is 5.73 Å². The highest BCUT2D eigenvalue weighted by molar-refractivity contribution is 5.34. The normalized spacial score (nSPS) is 24.6. The van der Waals surface area contributed by atoms with Gasteiger partial charge in [0.1, 0.15) is 23.9 Å². The van der Waals surface area contributed by atoms with Crippen molar-refractivity contribution in [2.24, 2.45) is 5.73 Å². The van der Waals surface area contributed by atoms with E-state index in [0.717, 1.165) is 35.1 Å². The Balaban J connectivity index is 1.70. The van der Waals surface area contributed by atoms with E-state index in [0.29, 0.717) is 6.54 Å². The van der Waals surface area contributed by atoms with E-state index in [4.69, 9.17) is 15.2 Å². The zero-order chi connectivity index (χ0) is 23.2. The van der Waals surface area contributed by atoms with Gasteiger partial charge in [-0.15, -0.1) is 0 Å². The predicted molar refractivity (Wildman–Crippen MR) is 136 cm³/mol. The molecule has 0 aromatic heterocycles. The minimum absolute atomic E-state index is 0.247. The van der Waals surface area contributed by atoms with Gasteiger partial charge in [0.15, 0.2) is 0 Å². The first kappa shape index (κ1) is 22.5. The van der Waals surface area contributed by atoms with Crippen molar-refractivity contribution in [1.82, 2.24) is 0 Å². The topological polar surface area (TPSA) is 44.5 Å². The largest absolute Gasteiger partial charge is 0.359 e. The van der Waals surface area contributed by atoms with E-state index in [2.05, 4.69) is 97.1 Å². The predicted octanol–water partition coefficient (Wildman–Crippen LogP) is 6.89. The Kier molecular flexibility index (Phi) is 6.87. The summed E-state index contributed by atoms with van der Waals surface area (Å²) in [6, 6.07) is 41.8. The van der Waals surface area contributed by atoms with Crippen molar-refractivity contribution in [3.8, 4) is 0 Å². The third-order valence-electron chi connectivity index (χ3n) is 6.69. The van der Waals surface area contributed by atoms with E-state index in [1.807, 2.05) is 24.3 Å². The Morgan fingerprint density at radius 3 is 1.59 bits per heavy atom. The van der Waals surface area contributed by atoms with Crippen molar-refractivity contribution in [3.63, 3.8) is 0 Å². The number of hydrogen-bond acceptors (Lipinski definition) is 3. The second-order valence-corrected chi connectivity index (χ2v) is 8.85. The van der Waals surface area contributed by atoms with Crippen molar-refractivity contribution in [2.75, 3.05) is 6.54 Å². The molecule has 4 aromatic rings. The molecule has 0 saturated carbocycles. The first-order valence-electron chi connectivity index (χ1n) is 12.1. The van der Waals surface area contributed by atoms with Gasteiger partial charge in [-0.3, -0.25) is 0 Å². The van der Waals surface area contributed by atoms with Gasteiger partial charge in [0.05, 0.1) is 0 Å². The van der Waals surface area contributed by atoms with E-state index in [9.17, 15) is 0 Å². The molecule has 34 heavy (non-hydrogen) atoms. The van der Waals surface area contributed by atoms with Crippen LogP contribution in [0.15, 0.2) is 121 Å². The molecule has 1 saturated heterocycles. The molecule has 1 aliphatic rings. The van der Waals surface area contributed by atoms with Crippen molar-refractivity contribution < 1.29 is 9.47 Å². The maximum Gasteiger partial charge on any atom is 0.124 e.